The SMILES string of the molecule is CC1(C)CC(N2CCCC2=O)c2cc(C#N)ccc2O1.OCCCCCCCCCO. The van der Waals surface area contributed by atoms with E-state index in [1.54, 1.807) is 6.07 Å². The molecule has 1 atom stereocenters. The van der Waals surface area contributed by atoms with Crippen molar-refractivity contribution in [3.63, 3.8) is 0 Å². The molecule has 172 valence electrons. The van der Waals surface area contributed by atoms with Crippen LogP contribution in [0.2, 0.25) is 0 Å². The van der Waals surface area contributed by atoms with E-state index in [1.807, 2.05) is 30.9 Å². The second-order valence-electron chi connectivity index (χ2n) is 9.06. The number of benzene rings is 1. The Morgan fingerprint density at radius 1 is 1.10 bits per heavy atom. The van der Waals surface area contributed by atoms with Crippen LogP contribution >= 0.6 is 0 Å². The zero-order valence-corrected chi connectivity index (χ0v) is 19.1. The summed E-state index contributed by atoms with van der Waals surface area (Å²) in [5.74, 6) is 1.01. The molecule has 2 heterocycles. The molecule has 0 aromatic heterocycles. The number of unbranched alkanes of at least 4 members (excludes halogenated alkanes) is 6. The number of carbonyl (C=O) groups excluding carboxylic acids is 1. The number of rotatable bonds is 9. The molecule has 1 amide bonds. The lowest BCUT2D eigenvalue weighted by Gasteiger charge is -2.41. The smallest absolute Gasteiger partial charge is 0.223 e. The Bertz CT molecular complexity index is 734. The van der Waals surface area contributed by atoms with Crippen molar-refractivity contribution in [3.05, 3.63) is 29.3 Å². The maximum Gasteiger partial charge on any atom is 0.223 e. The van der Waals surface area contributed by atoms with E-state index in [0.717, 1.165) is 56.4 Å². The van der Waals surface area contributed by atoms with Crippen LogP contribution in [0.4, 0.5) is 0 Å². The van der Waals surface area contributed by atoms with Crippen molar-refractivity contribution in [2.24, 2.45) is 0 Å². The molecule has 1 unspecified atom stereocenters. The summed E-state index contributed by atoms with van der Waals surface area (Å²) in [6, 6.07) is 7.66. The number of nitrogens with zero attached hydrogens (tertiary/aromatic N) is 2. The highest BCUT2D eigenvalue weighted by molar-refractivity contribution is 5.78. The minimum absolute atomic E-state index is 0.0250. The molecule has 1 fully saturated rings. The molecule has 1 aromatic rings. The molecule has 1 aromatic carbocycles. The number of ether oxygens (including phenoxy) is 1. The normalized spacial score (nSPS) is 19.1. The summed E-state index contributed by atoms with van der Waals surface area (Å²) in [6.45, 7) is 5.55. The van der Waals surface area contributed by atoms with E-state index in [1.165, 1.54) is 19.3 Å². The molecule has 6 nitrogen and oxygen atoms in total. The maximum atomic E-state index is 12.1. The van der Waals surface area contributed by atoms with Crippen LogP contribution in [0.25, 0.3) is 0 Å². The van der Waals surface area contributed by atoms with E-state index in [-0.39, 0.29) is 17.6 Å². The number of likely N-dealkylation sites (tertiary alicyclic amines) is 1. The second kappa shape index (κ2) is 12.7. The fourth-order valence-corrected chi connectivity index (χ4v) is 4.27. The van der Waals surface area contributed by atoms with Crippen molar-refractivity contribution in [2.45, 2.75) is 89.7 Å². The van der Waals surface area contributed by atoms with Gasteiger partial charge in [0.05, 0.1) is 17.7 Å². The summed E-state index contributed by atoms with van der Waals surface area (Å²) in [6.07, 6.45) is 10.2. The van der Waals surface area contributed by atoms with Crippen LogP contribution in [0, 0.1) is 11.3 Å². The summed E-state index contributed by atoms with van der Waals surface area (Å²) >= 11 is 0. The van der Waals surface area contributed by atoms with E-state index < -0.39 is 0 Å². The summed E-state index contributed by atoms with van der Waals surface area (Å²) in [7, 11) is 0. The summed E-state index contributed by atoms with van der Waals surface area (Å²) < 4.78 is 6.00. The Hall–Kier alpha value is -2.10. The highest BCUT2D eigenvalue weighted by Crippen LogP contribution is 2.44. The monoisotopic (exact) mass is 430 g/mol. The van der Waals surface area contributed by atoms with Gasteiger partial charge in [-0.05, 0) is 51.3 Å². The first-order valence-corrected chi connectivity index (χ1v) is 11.7. The van der Waals surface area contributed by atoms with Gasteiger partial charge in [0.2, 0.25) is 5.91 Å². The van der Waals surface area contributed by atoms with Crippen molar-refractivity contribution >= 4 is 5.91 Å². The average molecular weight is 431 g/mol. The number of aliphatic hydroxyl groups is 2. The summed E-state index contributed by atoms with van der Waals surface area (Å²) in [4.78, 5) is 14.0. The van der Waals surface area contributed by atoms with E-state index in [0.29, 0.717) is 25.2 Å². The van der Waals surface area contributed by atoms with Gasteiger partial charge in [-0.15, -0.1) is 0 Å². The van der Waals surface area contributed by atoms with Crippen molar-refractivity contribution in [1.29, 1.82) is 5.26 Å². The molecule has 0 aliphatic carbocycles. The minimum Gasteiger partial charge on any atom is -0.487 e. The van der Waals surface area contributed by atoms with Crippen molar-refractivity contribution < 1.29 is 19.7 Å². The highest BCUT2D eigenvalue weighted by atomic mass is 16.5. The Balaban J connectivity index is 0.000000267. The molecule has 2 aliphatic rings. The summed E-state index contributed by atoms with van der Waals surface area (Å²) in [5, 5.41) is 26.0. The number of aliphatic hydroxyl groups excluding tert-OH is 2. The van der Waals surface area contributed by atoms with Crippen LogP contribution in [-0.4, -0.2) is 46.4 Å². The molecule has 0 bridgehead atoms. The van der Waals surface area contributed by atoms with E-state index >= 15 is 0 Å². The first kappa shape index (κ1) is 25.2. The Morgan fingerprint density at radius 2 is 1.71 bits per heavy atom. The highest BCUT2D eigenvalue weighted by Gasteiger charge is 2.39. The van der Waals surface area contributed by atoms with Crippen molar-refractivity contribution in [1.82, 2.24) is 4.90 Å². The zero-order valence-electron chi connectivity index (χ0n) is 19.1. The molecule has 31 heavy (non-hydrogen) atoms. The quantitative estimate of drug-likeness (QED) is 0.563. The van der Waals surface area contributed by atoms with Gasteiger partial charge in [0, 0.05) is 38.2 Å². The molecular weight excluding hydrogens is 392 g/mol. The second-order valence-corrected chi connectivity index (χ2v) is 9.06. The summed E-state index contributed by atoms with van der Waals surface area (Å²) in [5.41, 5.74) is 1.29. The standard InChI is InChI=1S/C16H18N2O2.C9H20O2/c1-16(2)9-13(18-7-3-4-15(18)19)12-8-11(10-17)5-6-14(12)20-16;10-8-6-4-2-1-3-5-7-9-11/h5-6,8,13H,3-4,7,9H2,1-2H3;10-11H,1-9H2. The van der Waals surface area contributed by atoms with Crippen LogP contribution in [0.1, 0.15) is 95.2 Å². The lowest BCUT2D eigenvalue weighted by molar-refractivity contribution is -0.131. The van der Waals surface area contributed by atoms with E-state index in [4.69, 9.17) is 20.2 Å². The van der Waals surface area contributed by atoms with E-state index in [9.17, 15) is 4.79 Å². The first-order chi connectivity index (χ1) is 14.9. The van der Waals surface area contributed by atoms with Gasteiger partial charge >= 0.3 is 0 Å². The molecule has 0 radical (unpaired) electrons. The number of nitriles is 1. The van der Waals surface area contributed by atoms with Gasteiger partial charge in [-0.25, -0.2) is 0 Å². The molecule has 2 N–H and O–H groups in total. The predicted molar refractivity (Wildman–Crippen MR) is 121 cm³/mol. The molecule has 3 rings (SSSR count). The fourth-order valence-electron chi connectivity index (χ4n) is 4.27. The third kappa shape index (κ3) is 7.83. The lowest BCUT2D eigenvalue weighted by atomic mass is 9.88. The average Bonchev–Trinajstić information content (AvgIpc) is 3.18. The number of hydrogen-bond donors (Lipinski definition) is 2. The minimum atomic E-state index is -0.297. The molecule has 2 aliphatic heterocycles. The molecule has 0 saturated carbocycles. The molecule has 6 heteroatoms. The van der Waals surface area contributed by atoms with Gasteiger partial charge in [-0.1, -0.05) is 32.1 Å². The van der Waals surface area contributed by atoms with Gasteiger partial charge in [0.1, 0.15) is 11.4 Å². The first-order valence-electron chi connectivity index (χ1n) is 11.7. The Morgan fingerprint density at radius 3 is 2.23 bits per heavy atom. The lowest BCUT2D eigenvalue weighted by Crippen LogP contribution is -2.42. The van der Waals surface area contributed by atoms with Crippen molar-refractivity contribution in [3.8, 4) is 11.8 Å². The van der Waals surface area contributed by atoms with Gasteiger partial charge in [0.15, 0.2) is 0 Å². The van der Waals surface area contributed by atoms with Gasteiger partial charge < -0.3 is 19.8 Å². The Labute approximate surface area is 186 Å². The fraction of sp³-hybridized carbons (Fsp3) is 0.680. The molecule has 0 spiro atoms. The number of hydrogen-bond acceptors (Lipinski definition) is 5. The van der Waals surface area contributed by atoms with Crippen molar-refractivity contribution in [2.75, 3.05) is 19.8 Å². The van der Waals surface area contributed by atoms with E-state index in [2.05, 4.69) is 6.07 Å². The number of amides is 1. The Kier molecular flexibility index (Phi) is 10.3. The van der Waals surface area contributed by atoms with Gasteiger partial charge in [-0.3, -0.25) is 4.79 Å². The van der Waals surface area contributed by atoms with Gasteiger partial charge in [-0.2, -0.15) is 5.26 Å². The van der Waals surface area contributed by atoms with Crippen LogP contribution in [0.15, 0.2) is 18.2 Å². The topological polar surface area (TPSA) is 93.8 Å². The van der Waals surface area contributed by atoms with Crippen LogP contribution in [0.3, 0.4) is 0 Å². The predicted octanol–water partition coefficient (Wildman–Crippen LogP) is 4.48. The molecular formula is C25H38N2O4. The van der Waals surface area contributed by atoms with Gasteiger partial charge in [0.25, 0.3) is 0 Å². The zero-order chi connectivity index (χ0) is 22.7. The third-order valence-corrected chi connectivity index (χ3v) is 5.87. The number of fused-ring (bicyclic) bond motifs is 1. The maximum absolute atomic E-state index is 12.1. The third-order valence-electron chi connectivity index (χ3n) is 5.87. The van der Waals surface area contributed by atoms with Crippen LogP contribution in [0.5, 0.6) is 5.75 Å². The largest absolute Gasteiger partial charge is 0.487 e. The number of carbonyl (C=O) groups is 1. The van der Waals surface area contributed by atoms with Crippen LogP contribution in [-0.2, 0) is 4.79 Å². The molecule has 1 saturated heterocycles. The van der Waals surface area contributed by atoms with Crippen LogP contribution < -0.4 is 4.74 Å².